The molecule has 0 unspecified atom stereocenters. The topological polar surface area (TPSA) is 22.8 Å². The van der Waals surface area contributed by atoms with Crippen molar-refractivity contribution in [2.45, 2.75) is 6.92 Å². The number of hydrogen-bond donors (Lipinski definition) is 0. The molecular formula is C42H28IrN3-. The van der Waals surface area contributed by atoms with Crippen LogP contribution in [0.5, 0.6) is 0 Å². The molecule has 0 aliphatic rings. The minimum atomic E-state index is 0. The fourth-order valence-electron chi connectivity index (χ4n) is 6.92. The minimum absolute atomic E-state index is 0. The Morgan fingerprint density at radius 1 is 0.500 bits per heavy atom. The molecule has 0 atom stereocenters. The third kappa shape index (κ3) is 4.41. The summed E-state index contributed by atoms with van der Waals surface area (Å²) in [5.74, 6) is 0. The van der Waals surface area contributed by atoms with Gasteiger partial charge >= 0.3 is 0 Å². The molecule has 0 bridgehead atoms. The van der Waals surface area contributed by atoms with Gasteiger partial charge in [0.2, 0.25) is 0 Å². The zero-order valence-corrected chi connectivity index (χ0v) is 27.5. The standard InChI is InChI=1S/C42H28N3.Ir/c1-28-12-11-23-43-42(28)31-15-10-18-33(24-31)45-38-20-9-8-19-34(38)36-26-37-35-25-30(29-13-4-2-5-14-29)21-22-39(35)44(41(37)27-40(36)45)32-16-6-3-7-17-32;/h2-14,16-27H,1H3;/q-1;. The zero-order valence-electron chi connectivity index (χ0n) is 25.1. The van der Waals surface area contributed by atoms with E-state index in [1.165, 1.54) is 54.7 Å². The van der Waals surface area contributed by atoms with Gasteiger partial charge in [0.1, 0.15) is 0 Å². The molecule has 0 saturated carbocycles. The Morgan fingerprint density at radius 3 is 1.98 bits per heavy atom. The van der Waals surface area contributed by atoms with E-state index in [1.54, 1.807) is 0 Å². The Bertz CT molecular complexity index is 2540. The van der Waals surface area contributed by atoms with E-state index in [1.807, 2.05) is 18.3 Å². The van der Waals surface area contributed by atoms with Crippen molar-refractivity contribution in [2.75, 3.05) is 0 Å². The molecule has 46 heavy (non-hydrogen) atoms. The fraction of sp³-hybridized carbons (Fsp3) is 0.0238. The van der Waals surface area contributed by atoms with Gasteiger partial charge in [0, 0.05) is 53.5 Å². The summed E-state index contributed by atoms with van der Waals surface area (Å²) in [6, 6.07) is 55.6. The first-order valence-corrected chi connectivity index (χ1v) is 15.3. The van der Waals surface area contributed by atoms with Crippen LogP contribution in [-0.4, -0.2) is 14.1 Å². The SMILES string of the molecule is Cc1cccnc1-c1[c-]ccc(-n2c3ccccc3c3cc4c5cc(-c6ccccc6)ccc5n(-c5ccccc5)c4cc32)c1.[Ir]. The second kappa shape index (κ2) is 11.3. The smallest absolute Gasteiger partial charge is 0.0562 e. The van der Waals surface area contributed by atoms with Crippen molar-refractivity contribution in [1.82, 2.24) is 14.1 Å². The zero-order chi connectivity index (χ0) is 29.9. The summed E-state index contributed by atoms with van der Waals surface area (Å²) in [5.41, 5.74) is 12.5. The van der Waals surface area contributed by atoms with Crippen LogP contribution in [0.2, 0.25) is 0 Å². The molecule has 0 aliphatic heterocycles. The second-order valence-corrected chi connectivity index (χ2v) is 11.6. The number of hydrogen-bond acceptors (Lipinski definition) is 1. The van der Waals surface area contributed by atoms with Gasteiger partial charge in [-0.25, -0.2) is 0 Å². The van der Waals surface area contributed by atoms with Gasteiger partial charge in [-0.2, -0.15) is 0 Å². The Morgan fingerprint density at radius 2 is 1.17 bits per heavy atom. The summed E-state index contributed by atoms with van der Waals surface area (Å²) >= 11 is 0. The molecule has 0 aliphatic carbocycles. The Kier molecular flexibility index (Phi) is 6.91. The van der Waals surface area contributed by atoms with Crippen molar-refractivity contribution in [3.05, 3.63) is 163 Å². The van der Waals surface area contributed by atoms with E-state index in [4.69, 9.17) is 4.98 Å². The minimum Gasteiger partial charge on any atom is -0.327 e. The Balaban J connectivity index is 0.00000312. The third-order valence-electron chi connectivity index (χ3n) is 8.99. The van der Waals surface area contributed by atoms with Crippen LogP contribution >= 0.6 is 0 Å². The van der Waals surface area contributed by atoms with Crippen LogP contribution in [0, 0.1) is 13.0 Å². The van der Waals surface area contributed by atoms with Crippen molar-refractivity contribution >= 4 is 43.6 Å². The quantitative estimate of drug-likeness (QED) is 0.164. The number of aromatic nitrogens is 3. The van der Waals surface area contributed by atoms with Crippen molar-refractivity contribution in [2.24, 2.45) is 0 Å². The molecule has 221 valence electrons. The number of nitrogens with zero attached hydrogens (tertiary/aromatic N) is 3. The van der Waals surface area contributed by atoms with Crippen LogP contribution in [0.3, 0.4) is 0 Å². The molecular weight excluding hydrogens is 739 g/mol. The maximum atomic E-state index is 4.69. The normalized spacial score (nSPS) is 11.4. The first kappa shape index (κ1) is 28.2. The molecule has 6 aromatic carbocycles. The van der Waals surface area contributed by atoms with Crippen molar-refractivity contribution < 1.29 is 20.1 Å². The molecule has 3 aromatic heterocycles. The maximum Gasteiger partial charge on any atom is 0.0562 e. The van der Waals surface area contributed by atoms with Crippen LogP contribution < -0.4 is 0 Å². The molecule has 3 heterocycles. The summed E-state index contributed by atoms with van der Waals surface area (Å²) < 4.78 is 4.80. The van der Waals surface area contributed by atoms with E-state index in [-0.39, 0.29) is 20.1 Å². The maximum absolute atomic E-state index is 4.69. The summed E-state index contributed by atoms with van der Waals surface area (Å²) in [4.78, 5) is 4.69. The van der Waals surface area contributed by atoms with Crippen LogP contribution in [0.25, 0.3) is 77.4 Å². The average Bonchev–Trinajstić information content (AvgIpc) is 3.60. The first-order chi connectivity index (χ1) is 22.2. The van der Waals surface area contributed by atoms with Crippen LogP contribution in [0.1, 0.15) is 5.56 Å². The summed E-state index contributed by atoms with van der Waals surface area (Å²) in [7, 11) is 0. The Hall–Kier alpha value is -5.28. The van der Waals surface area contributed by atoms with Crippen LogP contribution in [0.15, 0.2) is 152 Å². The number of para-hydroxylation sites is 2. The predicted octanol–water partition coefficient (Wildman–Crippen LogP) is 10.7. The van der Waals surface area contributed by atoms with Gasteiger partial charge < -0.3 is 14.1 Å². The average molecular weight is 767 g/mol. The summed E-state index contributed by atoms with van der Waals surface area (Å²) in [6.07, 6.45) is 1.85. The first-order valence-electron chi connectivity index (χ1n) is 15.3. The van der Waals surface area contributed by atoms with Gasteiger partial charge in [0.25, 0.3) is 0 Å². The van der Waals surface area contributed by atoms with Crippen LogP contribution in [-0.2, 0) is 20.1 Å². The Labute approximate surface area is 280 Å². The number of pyridine rings is 1. The fourth-order valence-corrected chi connectivity index (χ4v) is 6.92. The molecule has 0 fully saturated rings. The van der Waals surface area contributed by atoms with Gasteiger partial charge in [-0.15, -0.1) is 29.8 Å². The molecule has 3 nitrogen and oxygen atoms in total. The van der Waals surface area contributed by atoms with Crippen molar-refractivity contribution in [3.63, 3.8) is 0 Å². The van der Waals surface area contributed by atoms with E-state index in [2.05, 4.69) is 156 Å². The van der Waals surface area contributed by atoms with Crippen molar-refractivity contribution in [1.29, 1.82) is 0 Å². The number of benzene rings is 6. The van der Waals surface area contributed by atoms with E-state index in [0.29, 0.717) is 0 Å². The van der Waals surface area contributed by atoms with Gasteiger partial charge in [-0.3, -0.25) is 0 Å². The summed E-state index contributed by atoms with van der Waals surface area (Å²) in [5, 5.41) is 4.96. The largest absolute Gasteiger partial charge is 0.327 e. The number of aryl methyl sites for hydroxylation is 1. The predicted molar refractivity (Wildman–Crippen MR) is 187 cm³/mol. The van der Waals surface area contributed by atoms with Gasteiger partial charge in [-0.1, -0.05) is 84.4 Å². The molecule has 9 aromatic rings. The number of fused-ring (bicyclic) bond motifs is 6. The molecule has 0 saturated heterocycles. The molecule has 0 amide bonds. The van der Waals surface area contributed by atoms with Crippen molar-refractivity contribution in [3.8, 4) is 33.8 Å². The second-order valence-electron chi connectivity index (χ2n) is 11.6. The monoisotopic (exact) mass is 767 g/mol. The molecule has 4 heteroatoms. The number of rotatable bonds is 4. The van der Waals surface area contributed by atoms with Gasteiger partial charge in [0.15, 0.2) is 0 Å². The molecule has 1 radical (unpaired) electrons. The van der Waals surface area contributed by atoms with E-state index >= 15 is 0 Å². The molecule has 0 N–H and O–H groups in total. The van der Waals surface area contributed by atoms with Gasteiger partial charge in [0.05, 0.1) is 22.1 Å². The van der Waals surface area contributed by atoms with Crippen LogP contribution in [0.4, 0.5) is 0 Å². The van der Waals surface area contributed by atoms with E-state index in [9.17, 15) is 0 Å². The third-order valence-corrected chi connectivity index (χ3v) is 8.99. The van der Waals surface area contributed by atoms with Gasteiger partial charge in [-0.05, 0) is 78.0 Å². The van der Waals surface area contributed by atoms with E-state index < -0.39 is 0 Å². The molecule has 0 spiro atoms. The van der Waals surface area contributed by atoms with E-state index in [0.717, 1.165) is 28.2 Å². The summed E-state index contributed by atoms with van der Waals surface area (Å²) in [6.45, 7) is 2.10. The molecule has 9 rings (SSSR count).